The summed E-state index contributed by atoms with van der Waals surface area (Å²) in [6.07, 6.45) is 0.500. The van der Waals surface area contributed by atoms with Gasteiger partial charge in [-0.2, -0.15) is 0 Å². The second-order valence-corrected chi connectivity index (χ2v) is 6.40. The van der Waals surface area contributed by atoms with Crippen LogP contribution in [0.25, 0.3) is 0 Å². The Hall–Kier alpha value is -0.740. The van der Waals surface area contributed by atoms with Crippen LogP contribution in [0.15, 0.2) is 42.5 Å². The topological polar surface area (TPSA) is 0 Å². The van der Waals surface area contributed by atoms with E-state index in [0.717, 1.165) is 6.07 Å². The van der Waals surface area contributed by atoms with Crippen molar-refractivity contribution in [2.24, 2.45) is 0 Å². The molecule has 2 aromatic rings. The number of hydrogen-bond acceptors (Lipinski definition) is 0. The van der Waals surface area contributed by atoms with E-state index in [1.165, 1.54) is 23.3 Å². The molecule has 0 N–H and O–H groups in total. The van der Waals surface area contributed by atoms with E-state index < -0.39 is 11.6 Å². The SMILES string of the molecule is Cc1ccccc1C(CBr)(CBr)Cc1ccc(F)cc1F. The Morgan fingerprint density at radius 1 is 1.00 bits per heavy atom. The normalized spacial score (nSPS) is 11.7. The van der Waals surface area contributed by atoms with Crippen molar-refractivity contribution in [3.8, 4) is 0 Å². The van der Waals surface area contributed by atoms with Crippen LogP contribution in [0, 0.1) is 18.6 Å². The Labute approximate surface area is 140 Å². The van der Waals surface area contributed by atoms with Crippen LogP contribution in [0.2, 0.25) is 0 Å². The minimum absolute atomic E-state index is 0.274. The first kappa shape index (κ1) is 16.6. The lowest BCUT2D eigenvalue weighted by atomic mass is 9.77. The van der Waals surface area contributed by atoms with E-state index in [2.05, 4.69) is 50.9 Å². The molecule has 2 aromatic carbocycles. The molecule has 112 valence electrons. The van der Waals surface area contributed by atoms with Crippen molar-refractivity contribution < 1.29 is 8.78 Å². The zero-order valence-electron chi connectivity index (χ0n) is 11.7. The molecule has 0 radical (unpaired) electrons. The molecule has 0 bridgehead atoms. The van der Waals surface area contributed by atoms with E-state index in [9.17, 15) is 8.78 Å². The summed E-state index contributed by atoms with van der Waals surface area (Å²) in [5.74, 6) is -1.04. The van der Waals surface area contributed by atoms with Gasteiger partial charge in [0.25, 0.3) is 0 Å². The molecular weight excluding hydrogens is 402 g/mol. The lowest BCUT2D eigenvalue weighted by Gasteiger charge is -2.32. The third-order valence-electron chi connectivity index (χ3n) is 3.77. The minimum atomic E-state index is -0.546. The van der Waals surface area contributed by atoms with Gasteiger partial charge in [-0.15, -0.1) is 0 Å². The Bertz CT molecular complexity index is 622. The van der Waals surface area contributed by atoms with Crippen LogP contribution in [0.5, 0.6) is 0 Å². The molecule has 0 saturated heterocycles. The van der Waals surface area contributed by atoms with Crippen LogP contribution in [-0.2, 0) is 11.8 Å². The van der Waals surface area contributed by atoms with E-state index in [0.29, 0.717) is 22.6 Å². The summed E-state index contributed by atoms with van der Waals surface area (Å²) < 4.78 is 27.1. The third-order valence-corrected chi connectivity index (χ3v) is 5.92. The van der Waals surface area contributed by atoms with Crippen LogP contribution in [0.1, 0.15) is 16.7 Å². The zero-order valence-corrected chi connectivity index (χ0v) is 14.8. The Kier molecular flexibility index (Phi) is 5.55. The van der Waals surface area contributed by atoms with E-state index in [1.54, 1.807) is 0 Å². The lowest BCUT2D eigenvalue weighted by Crippen LogP contribution is -2.34. The van der Waals surface area contributed by atoms with Crippen LogP contribution in [-0.4, -0.2) is 10.7 Å². The molecule has 0 heterocycles. The van der Waals surface area contributed by atoms with Gasteiger partial charge in [-0.3, -0.25) is 0 Å². The number of hydrogen-bond donors (Lipinski definition) is 0. The first-order valence-electron chi connectivity index (χ1n) is 6.64. The predicted molar refractivity (Wildman–Crippen MR) is 90.5 cm³/mol. The summed E-state index contributed by atoms with van der Waals surface area (Å²) in [4.78, 5) is 0. The molecule has 0 aromatic heterocycles. The Balaban J connectivity index is 2.46. The number of rotatable bonds is 5. The highest BCUT2D eigenvalue weighted by Crippen LogP contribution is 2.35. The molecule has 0 aliphatic heterocycles. The third kappa shape index (κ3) is 3.54. The van der Waals surface area contributed by atoms with E-state index in [4.69, 9.17) is 0 Å². The van der Waals surface area contributed by atoms with Gasteiger partial charge in [0.15, 0.2) is 0 Å². The molecule has 0 amide bonds. The summed E-state index contributed by atoms with van der Waals surface area (Å²) in [5.41, 5.74) is 2.59. The molecule has 0 nitrogen and oxygen atoms in total. The number of benzene rings is 2. The van der Waals surface area contributed by atoms with Gasteiger partial charge in [0.2, 0.25) is 0 Å². The van der Waals surface area contributed by atoms with Crippen LogP contribution < -0.4 is 0 Å². The molecule has 0 atom stereocenters. The second kappa shape index (κ2) is 7.01. The van der Waals surface area contributed by atoms with Crippen molar-refractivity contribution in [1.29, 1.82) is 0 Å². The van der Waals surface area contributed by atoms with E-state index in [-0.39, 0.29) is 5.41 Å². The lowest BCUT2D eigenvalue weighted by molar-refractivity contribution is 0.513. The number of alkyl halides is 2. The van der Waals surface area contributed by atoms with Gasteiger partial charge >= 0.3 is 0 Å². The average molecular weight is 418 g/mol. The highest BCUT2D eigenvalue weighted by Gasteiger charge is 2.32. The maximum atomic E-state index is 14.0. The van der Waals surface area contributed by atoms with Crippen molar-refractivity contribution in [3.63, 3.8) is 0 Å². The van der Waals surface area contributed by atoms with Gasteiger partial charge in [-0.25, -0.2) is 8.78 Å². The highest BCUT2D eigenvalue weighted by atomic mass is 79.9. The quantitative estimate of drug-likeness (QED) is 0.560. The van der Waals surface area contributed by atoms with Gasteiger partial charge in [0, 0.05) is 22.1 Å². The maximum Gasteiger partial charge on any atom is 0.129 e. The molecule has 0 unspecified atom stereocenters. The van der Waals surface area contributed by atoms with E-state index in [1.807, 2.05) is 12.1 Å². The summed E-state index contributed by atoms with van der Waals surface area (Å²) in [5, 5.41) is 1.37. The van der Waals surface area contributed by atoms with Crippen molar-refractivity contribution in [2.75, 3.05) is 10.7 Å². The maximum absolute atomic E-state index is 14.0. The first-order valence-corrected chi connectivity index (χ1v) is 8.89. The Morgan fingerprint density at radius 2 is 1.67 bits per heavy atom. The van der Waals surface area contributed by atoms with Crippen molar-refractivity contribution >= 4 is 31.9 Å². The number of halogens is 4. The average Bonchev–Trinajstić information content (AvgIpc) is 2.48. The van der Waals surface area contributed by atoms with Crippen LogP contribution >= 0.6 is 31.9 Å². The number of aryl methyl sites for hydroxylation is 1. The van der Waals surface area contributed by atoms with Gasteiger partial charge in [-0.05, 0) is 36.1 Å². The summed E-state index contributed by atoms with van der Waals surface area (Å²) >= 11 is 7.15. The fourth-order valence-electron chi connectivity index (χ4n) is 2.57. The zero-order chi connectivity index (χ0) is 15.5. The summed E-state index contributed by atoms with van der Waals surface area (Å²) in [7, 11) is 0. The highest BCUT2D eigenvalue weighted by molar-refractivity contribution is 9.09. The first-order chi connectivity index (χ1) is 10.0. The van der Waals surface area contributed by atoms with Gasteiger partial charge < -0.3 is 0 Å². The standard InChI is InChI=1S/C17H16Br2F2/c1-12-4-2-3-5-15(12)17(10-18,11-19)9-13-6-7-14(20)8-16(13)21/h2-8H,9-11H2,1H3. The largest absolute Gasteiger partial charge is 0.207 e. The smallest absolute Gasteiger partial charge is 0.129 e. The van der Waals surface area contributed by atoms with Crippen molar-refractivity contribution in [2.45, 2.75) is 18.8 Å². The van der Waals surface area contributed by atoms with E-state index >= 15 is 0 Å². The molecule has 0 fully saturated rings. The van der Waals surface area contributed by atoms with Crippen molar-refractivity contribution in [1.82, 2.24) is 0 Å². The van der Waals surface area contributed by atoms with Crippen LogP contribution in [0.4, 0.5) is 8.78 Å². The molecule has 0 spiro atoms. The molecule has 4 heteroatoms. The summed E-state index contributed by atoms with van der Waals surface area (Å²) in [6, 6.07) is 11.9. The van der Waals surface area contributed by atoms with Gasteiger partial charge in [0.1, 0.15) is 11.6 Å². The fourth-order valence-corrected chi connectivity index (χ4v) is 4.50. The molecule has 21 heavy (non-hydrogen) atoms. The van der Waals surface area contributed by atoms with Crippen LogP contribution in [0.3, 0.4) is 0 Å². The molecule has 0 aliphatic carbocycles. The predicted octanol–water partition coefficient (Wildman–Crippen LogP) is 5.54. The summed E-state index contributed by atoms with van der Waals surface area (Å²) in [6.45, 7) is 2.05. The van der Waals surface area contributed by atoms with Gasteiger partial charge in [0.05, 0.1) is 0 Å². The minimum Gasteiger partial charge on any atom is -0.207 e. The second-order valence-electron chi connectivity index (χ2n) is 5.28. The van der Waals surface area contributed by atoms with Gasteiger partial charge in [-0.1, -0.05) is 62.2 Å². The Morgan fingerprint density at radius 3 is 2.24 bits per heavy atom. The van der Waals surface area contributed by atoms with Crippen molar-refractivity contribution in [3.05, 3.63) is 70.8 Å². The molecular formula is C17H16Br2F2. The monoisotopic (exact) mass is 416 g/mol. The molecule has 0 saturated carbocycles. The fraction of sp³-hybridized carbons (Fsp3) is 0.294. The molecule has 0 aliphatic rings. The molecule has 2 rings (SSSR count).